The van der Waals surface area contributed by atoms with Gasteiger partial charge in [0.2, 0.25) is 0 Å². The van der Waals surface area contributed by atoms with Crippen molar-refractivity contribution in [3.05, 3.63) is 0 Å². The molecule has 0 bridgehead atoms. The molecule has 0 heterocycles. The molecule has 0 saturated carbocycles. The Morgan fingerprint density at radius 1 is 1.33 bits per heavy atom. The van der Waals surface area contributed by atoms with Gasteiger partial charge in [-0.2, -0.15) is 0 Å². The van der Waals surface area contributed by atoms with Gasteiger partial charge in [-0.15, -0.1) is 0 Å². The van der Waals surface area contributed by atoms with Gasteiger partial charge >= 0.3 is 0 Å². The van der Waals surface area contributed by atoms with Crippen LogP contribution < -0.4 is 0 Å². The van der Waals surface area contributed by atoms with Crippen LogP contribution in [0.3, 0.4) is 0 Å². The molecule has 0 fully saturated rings. The minimum Gasteiger partial charge on any atom is -0.393 e. The van der Waals surface area contributed by atoms with E-state index in [0.29, 0.717) is 5.92 Å². The summed E-state index contributed by atoms with van der Waals surface area (Å²) in [7, 11) is 0. The Morgan fingerprint density at radius 3 is 2.50 bits per heavy atom. The first-order valence-electron chi connectivity index (χ1n) is 4.92. The standard InChI is InChI=1S/C10H22O2/c1-4-12-7-5-6-9(2)8-10(3)11/h9-11H,4-8H2,1-3H3. The van der Waals surface area contributed by atoms with Crippen LogP contribution in [-0.4, -0.2) is 24.4 Å². The largest absolute Gasteiger partial charge is 0.393 e. The van der Waals surface area contributed by atoms with Crippen molar-refractivity contribution in [1.29, 1.82) is 0 Å². The summed E-state index contributed by atoms with van der Waals surface area (Å²) < 4.78 is 5.23. The van der Waals surface area contributed by atoms with Gasteiger partial charge in [0.25, 0.3) is 0 Å². The monoisotopic (exact) mass is 174 g/mol. The topological polar surface area (TPSA) is 29.5 Å². The van der Waals surface area contributed by atoms with Crippen LogP contribution in [0.25, 0.3) is 0 Å². The summed E-state index contributed by atoms with van der Waals surface area (Å²) in [4.78, 5) is 0. The van der Waals surface area contributed by atoms with Crippen LogP contribution in [0.5, 0.6) is 0 Å². The van der Waals surface area contributed by atoms with Gasteiger partial charge in [0.15, 0.2) is 0 Å². The van der Waals surface area contributed by atoms with Crippen LogP contribution in [0.2, 0.25) is 0 Å². The van der Waals surface area contributed by atoms with Gasteiger partial charge in [0, 0.05) is 13.2 Å². The quantitative estimate of drug-likeness (QED) is 0.600. The van der Waals surface area contributed by atoms with Gasteiger partial charge in [0.1, 0.15) is 0 Å². The van der Waals surface area contributed by atoms with E-state index in [4.69, 9.17) is 9.84 Å². The second-order valence-electron chi connectivity index (χ2n) is 3.53. The summed E-state index contributed by atoms with van der Waals surface area (Å²) in [5, 5.41) is 9.09. The van der Waals surface area contributed by atoms with E-state index < -0.39 is 0 Å². The van der Waals surface area contributed by atoms with Crippen LogP contribution in [0.15, 0.2) is 0 Å². The fourth-order valence-electron chi connectivity index (χ4n) is 1.38. The SMILES string of the molecule is CCOCCCC(C)CC(C)O. The molecule has 1 N–H and O–H groups in total. The third kappa shape index (κ3) is 8.02. The number of aliphatic hydroxyl groups is 1. The van der Waals surface area contributed by atoms with Gasteiger partial charge in [-0.1, -0.05) is 6.92 Å². The van der Waals surface area contributed by atoms with Crippen LogP contribution >= 0.6 is 0 Å². The molecule has 0 aromatic rings. The molecule has 2 nitrogen and oxygen atoms in total. The average Bonchev–Trinajstić information content (AvgIpc) is 1.97. The molecule has 0 aromatic carbocycles. The zero-order valence-corrected chi connectivity index (χ0v) is 8.55. The van der Waals surface area contributed by atoms with Crippen LogP contribution in [-0.2, 0) is 4.74 Å². The van der Waals surface area contributed by atoms with Crippen molar-refractivity contribution < 1.29 is 9.84 Å². The molecule has 0 aliphatic heterocycles. The molecule has 0 saturated heterocycles. The molecule has 2 unspecified atom stereocenters. The first-order chi connectivity index (χ1) is 5.66. The number of hydrogen-bond acceptors (Lipinski definition) is 2. The summed E-state index contributed by atoms with van der Waals surface area (Å²) in [5.74, 6) is 0.616. The second-order valence-corrected chi connectivity index (χ2v) is 3.53. The van der Waals surface area contributed by atoms with E-state index in [2.05, 4.69) is 6.92 Å². The number of aliphatic hydroxyl groups excluding tert-OH is 1. The summed E-state index contributed by atoms with van der Waals surface area (Å²) >= 11 is 0. The van der Waals surface area contributed by atoms with Crippen LogP contribution in [0.1, 0.15) is 40.0 Å². The van der Waals surface area contributed by atoms with Crippen molar-refractivity contribution in [3.63, 3.8) is 0 Å². The van der Waals surface area contributed by atoms with E-state index in [1.54, 1.807) is 0 Å². The first kappa shape index (κ1) is 11.9. The molecule has 0 aromatic heterocycles. The Morgan fingerprint density at radius 2 is 2.00 bits per heavy atom. The minimum atomic E-state index is -0.160. The van der Waals surface area contributed by atoms with Crippen LogP contribution in [0, 0.1) is 5.92 Å². The van der Waals surface area contributed by atoms with Crippen molar-refractivity contribution in [2.24, 2.45) is 5.92 Å². The highest BCUT2D eigenvalue weighted by atomic mass is 16.5. The zero-order chi connectivity index (χ0) is 9.40. The minimum absolute atomic E-state index is 0.160. The molecule has 2 atom stereocenters. The number of ether oxygens (including phenoxy) is 1. The van der Waals surface area contributed by atoms with E-state index >= 15 is 0 Å². The molecule has 74 valence electrons. The summed E-state index contributed by atoms with van der Waals surface area (Å²) in [6, 6.07) is 0. The fraction of sp³-hybridized carbons (Fsp3) is 1.00. The van der Waals surface area contributed by atoms with E-state index in [9.17, 15) is 0 Å². The third-order valence-electron chi connectivity index (χ3n) is 1.93. The van der Waals surface area contributed by atoms with Crippen molar-refractivity contribution in [2.75, 3.05) is 13.2 Å². The van der Waals surface area contributed by atoms with Crippen molar-refractivity contribution >= 4 is 0 Å². The summed E-state index contributed by atoms with van der Waals surface area (Å²) in [6.07, 6.45) is 3.02. The molecule has 0 radical (unpaired) electrons. The van der Waals surface area contributed by atoms with Gasteiger partial charge in [-0.3, -0.25) is 0 Å². The Hall–Kier alpha value is -0.0800. The maximum absolute atomic E-state index is 9.09. The van der Waals surface area contributed by atoms with Crippen molar-refractivity contribution in [1.82, 2.24) is 0 Å². The lowest BCUT2D eigenvalue weighted by Gasteiger charge is -2.12. The lowest BCUT2D eigenvalue weighted by atomic mass is 9.99. The zero-order valence-electron chi connectivity index (χ0n) is 8.55. The van der Waals surface area contributed by atoms with Gasteiger partial charge in [-0.25, -0.2) is 0 Å². The third-order valence-corrected chi connectivity index (χ3v) is 1.93. The maximum atomic E-state index is 9.09. The highest BCUT2D eigenvalue weighted by Gasteiger charge is 2.05. The predicted molar refractivity (Wildman–Crippen MR) is 51.2 cm³/mol. The normalized spacial score (nSPS) is 16.0. The second kappa shape index (κ2) is 7.56. The predicted octanol–water partition coefficient (Wildman–Crippen LogP) is 2.21. The molecule has 0 amide bonds. The Labute approximate surface area is 75.9 Å². The molecule has 0 rings (SSSR count). The smallest absolute Gasteiger partial charge is 0.0514 e. The van der Waals surface area contributed by atoms with Gasteiger partial charge in [-0.05, 0) is 39.0 Å². The molecular formula is C10H22O2. The lowest BCUT2D eigenvalue weighted by Crippen LogP contribution is -2.08. The summed E-state index contributed by atoms with van der Waals surface area (Å²) in [6.45, 7) is 7.71. The first-order valence-corrected chi connectivity index (χ1v) is 4.92. The molecular weight excluding hydrogens is 152 g/mol. The molecule has 0 aliphatic carbocycles. The van der Waals surface area contributed by atoms with Crippen molar-refractivity contribution in [3.8, 4) is 0 Å². The van der Waals surface area contributed by atoms with Crippen molar-refractivity contribution in [2.45, 2.75) is 46.1 Å². The highest BCUT2D eigenvalue weighted by Crippen LogP contribution is 2.12. The van der Waals surface area contributed by atoms with E-state index in [1.807, 2.05) is 13.8 Å². The number of rotatable bonds is 7. The molecule has 0 aliphatic rings. The highest BCUT2D eigenvalue weighted by molar-refractivity contribution is 4.57. The maximum Gasteiger partial charge on any atom is 0.0514 e. The Kier molecular flexibility index (Phi) is 7.51. The molecule has 0 spiro atoms. The Bertz CT molecular complexity index is 91.8. The molecule has 12 heavy (non-hydrogen) atoms. The average molecular weight is 174 g/mol. The van der Waals surface area contributed by atoms with E-state index in [0.717, 1.165) is 32.5 Å². The van der Waals surface area contributed by atoms with E-state index in [1.165, 1.54) is 0 Å². The van der Waals surface area contributed by atoms with Gasteiger partial charge in [0.05, 0.1) is 6.10 Å². The van der Waals surface area contributed by atoms with Gasteiger partial charge < -0.3 is 9.84 Å². The summed E-state index contributed by atoms with van der Waals surface area (Å²) in [5.41, 5.74) is 0. The fourth-order valence-corrected chi connectivity index (χ4v) is 1.38. The number of hydrogen-bond donors (Lipinski definition) is 1. The van der Waals surface area contributed by atoms with E-state index in [-0.39, 0.29) is 6.10 Å². The van der Waals surface area contributed by atoms with Crippen LogP contribution in [0.4, 0.5) is 0 Å². The molecule has 2 heteroatoms. The lowest BCUT2D eigenvalue weighted by molar-refractivity contribution is 0.130. The Balaban J connectivity index is 3.14.